The van der Waals surface area contributed by atoms with Crippen molar-refractivity contribution < 1.29 is 4.79 Å². The average Bonchev–Trinajstić information content (AvgIpc) is 2.76. The number of thiazole rings is 1. The topological polar surface area (TPSA) is 67.8 Å². The lowest BCUT2D eigenvalue weighted by Gasteiger charge is -2.02. The Bertz CT molecular complexity index is 540. The van der Waals surface area contributed by atoms with E-state index < -0.39 is 0 Å². The quantitative estimate of drug-likeness (QED) is 0.929. The first-order valence-corrected chi connectivity index (χ1v) is 6.59. The Balaban J connectivity index is 1.83. The lowest BCUT2D eigenvalue weighted by atomic mass is 10.3. The number of amides is 1. The van der Waals surface area contributed by atoms with Crippen molar-refractivity contribution in [1.29, 1.82) is 0 Å². The van der Waals surface area contributed by atoms with Crippen molar-refractivity contribution in [2.24, 2.45) is 0 Å². The Morgan fingerprint density at radius 1 is 1.44 bits per heavy atom. The molecule has 18 heavy (non-hydrogen) atoms. The standard InChI is InChI=1S/C11H11ClN4OS/c1-7-6-18-10(14-7)4-5-13-11(17)8-2-3-9(12)16-15-8/h2-3,6H,4-5H2,1H3,(H,13,17). The number of aryl methyl sites for hydroxylation is 1. The number of carbonyl (C=O) groups excluding carboxylic acids is 1. The van der Waals surface area contributed by atoms with Gasteiger partial charge in [0, 0.05) is 24.0 Å². The first-order valence-electron chi connectivity index (χ1n) is 5.33. The zero-order valence-electron chi connectivity index (χ0n) is 9.68. The molecule has 0 saturated carbocycles. The number of nitrogens with one attached hydrogen (secondary N) is 1. The summed E-state index contributed by atoms with van der Waals surface area (Å²) in [6, 6.07) is 3.08. The summed E-state index contributed by atoms with van der Waals surface area (Å²) in [5, 5.41) is 13.3. The molecule has 0 radical (unpaired) electrons. The minimum atomic E-state index is -0.257. The van der Waals surface area contributed by atoms with Crippen LogP contribution in [0.2, 0.25) is 5.15 Å². The highest BCUT2D eigenvalue weighted by atomic mass is 35.5. The SMILES string of the molecule is Cc1csc(CCNC(=O)c2ccc(Cl)nn2)n1. The summed E-state index contributed by atoms with van der Waals surface area (Å²) in [6.07, 6.45) is 0.714. The van der Waals surface area contributed by atoms with Crippen molar-refractivity contribution in [3.63, 3.8) is 0 Å². The number of aromatic nitrogens is 3. The molecule has 1 amide bonds. The first-order chi connectivity index (χ1) is 8.65. The highest BCUT2D eigenvalue weighted by Gasteiger charge is 2.07. The lowest BCUT2D eigenvalue weighted by Crippen LogP contribution is -2.26. The van der Waals surface area contributed by atoms with E-state index in [4.69, 9.17) is 11.6 Å². The molecule has 2 heterocycles. The third-order valence-electron chi connectivity index (χ3n) is 2.16. The van der Waals surface area contributed by atoms with E-state index in [1.165, 1.54) is 12.1 Å². The van der Waals surface area contributed by atoms with Gasteiger partial charge in [-0.25, -0.2) is 4.98 Å². The van der Waals surface area contributed by atoms with Gasteiger partial charge in [0.2, 0.25) is 0 Å². The Morgan fingerprint density at radius 2 is 2.28 bits per heavy atom. The van der Waals surface area contributed by atoms with E-state index in [1.807, 2.05) is 12.3 Å². The van der Waals surface area contributed by atoms with E-state index in [0.29, 0.717) is 13.0 Å². The third kappa shape index (κ3) is 3.48. The molecule has 0 aliphatic heterocycles. The molecule has 0 bridgehead atoms. The fraction of sp³-hybridized carbons (Fsp3) is 0.273. The van der Waals surface area contributed by atoms with Crippen LogP contribution < -0.4 is 5.32 Å². The van der Waals surface area contributed by atoms with Crippen LogP contribution in [0.3, 0.4) is 0 Å². The van der Waals surface area contributed by atoms with Crippen LogP contribution in [0.15, 0.2) is 17.5 Å². The number of nitrogens with zero attached hydrogens (tertiary/aromatic N) is 3. The fourth-order valence-electron chi connectivity index (χ4n) is 1.33. The second kappa shape index (κ2) is 5.88. The maximum Gasteiger partial charge on any atom is 0.271 e. The summed E-state index contributed by atoms with van der Waals surface area (Å²) in [5.41, 5.74) is 1.26. The van der Waals surface area contributed by atoms with Crippen LogP contribution in [-0.2, 0) is 6.42 Å². The summed E-state index contributed by atoms with van der Waals surface area (Å²) >= 11 is 7.18. The maximum atomic E-state index is 11.7. The van der Waals surface area contributed by atoms with Crippen molar-refractivity contribution in [2.45, 2.75) is 13.3 Å². The van der Waals surface area contributed by atoms with Gasteiger partial charge in [-0.3, -0.25) is 4.79 Å². The van der Waals surface area contributed by atoms with Gasteiger partial charge in [0.25, 0.3) is 5.91 Å². The van der Waals surface area contributed by atoms with Crippen LogP contribution in [0.25, 0.3) is 0 Å². The van der Waals surface area contributed by atoms with Crippen LogP contribution in [0.5, 0.6) is 0 Å². The molecule has 0 aromatic carbocycles. The first kappa shape index (κ1) is 12.9. The second-order valence-corrected chi connectivity index (χ2v) is 4.96. The van der Waals surface area contributed by atoms with Crippen molar-refractivity contribution in [2.75, 3.05) is 6.54 Å². The van der Waals surface area contributed by atoms with Gasteiger partial charge >= 0.3 is 0 Å². The van der Waals surface area contributed by atoms with Gasteiger partial charge in [0.1, 0.15) is 0 Å². The van der Waals surface area contributed by atoms with Crippen molar-refractivity contribution >= 4 is 28.8 Å². The lowest BCUT2D eigenvalue weighted by molar-refractivity contribution is 0.0948. The number of carbonyl (C=O) groups is 1. The third-order valence-corrected chi connectivity index (χ3v) is 3.38. The second-order valence-electron chi connectivity index (χ2n) is 3.63. The van der Waals surface area contributed by atoms with E-state index >= 15 is 0 Å². The molecule has 0 spiro atoms. The molecule has 2 aromatic rings. The molecule has 1 N–H and O–H groups in total. The number of rotatable bonds is 4. The molecule has 5 nitrogen and oxygen atoms in total. The van der Waals surface area contributed by atoms with Gasteiger partial charge in [0.15, 0.2) is 10.8 Å². The van der Waals surface area contributed by atoms with Gasteiger partial charge in [-0.1, -0.05) is 11.6 Å². The Labute approximate surface area is 113 Å². The Hall–Kier alpha value is -1.53. The molecule has 0 saturated heterocycles. The van der Waals surface area contributed by atoms with E-state index in [1.54, 1.807) is 11.3 Å². The molecular weight excluding hydrogens is 272 g/mol. The van der Waals surface area contributed by atoms with Crippen molar-refractivity contribution in [3.05, 3.63) is 39.1 Å². The van der Waals surface area contributed by atoms with Crippen LogP contribution in [0.4, 0.5) is 0 Å². The monoisotopic (exact) mass is 282 g/mol. The Kier molecular flexibility index (Phi) is 4.22. The summed E-state index contributed by atoms with van der Waals surface area (Å²) < 4.78 is 0. The summed E-state index contributed by atoms with van der Waals surface area (Å²) in [6.45, 7) is 2.47. The number of halogens is 1. The van der Waals surface area contributed by atoms with Crippen LogP contribution in [-0.4, -0.2) is 27.6 Å². The summed E-state index contributed by atoms with van der Waals surface area (Å²) in [5.74, 6) is -0.257. The van der Waals surface area contributed by atoms with E-state index in [-0.39, 0.29) is 16.8 Å². The highest BCUT2D eigenvalue weighted by Crippen LogP contribution is 2.08. The van der Waals surface area contributed by atoms with Gasteiger partial charge in [-0.15, -0.1) is 21.5 Å². The van der Waals surface area contributed by atoms with Crippen LogP contribution >= 0.6 is 22.9 Å². The average molecular weight is 283 g/mol. The van der Waals surface area contributed by atoms with Gasteiger partial charge in [0.05, 0.1) is 5.01 Å². The molecule has 0 fully saturated rings. The van der Waals surface area contributed by atoms with Crippen LogP contribution in [0.1, 0.15) is 21.2 Å². The predicted molar refractivity (Wildman–Crippen MR) is 69.9 cm³/mol. The van der Waals surface area contributed by atoms with E-state index in [0.717, 1.165) is 10.7 Å². The molecule has 0 aliphatic carbocycles. The van der Waals surface area contributed by atoms with Gasteiger partial charge in [-0.05, 0) is 19.1 Å². The summed E-state index contributed by atoms with van der Waals surface area (Å²) in [7, 11) is 0. The smallest absolute Gasteiger partial charge is 0.271 e. The zero-order chi connectivity index (χ0) is 13.0. The maximum absolute atomic E-state index is 11.7. The molecule has 2 aromatic heterocycles. The molecule has 7 heteroatoms. The zero-order valence-corrected chi connectivity index (χ0v) is 11.3. The van der Waals surface area contributed by atoms with Gasteiger partial charge < -0.3 is 5.32 Å². The van der Waals surface area contributed by atoms with E-state index in [2.05, 4.69) is 20.5 Å². The number of hydrogen-bond acceptors (Lipinski definition) is 5. The minimum Gasteiger partial charge on any atom is -0.350 e. The number of hydrogen-bond donors (Lipinski definition) is 1. The molecule has 0 atom stereocenters. The molecule has 2 rings (SSSR count). The largest absolute Gasteiger partial charge is 0.350 e. The summed E-state index contributed by atoms with van der Waals surface area (Å²) in [4.78, 5) is 16.0. The predicted octanol–water partition coefficient (Wildman–Crippen LogP) is 1.87. The molecule has 0 unspecified atom stereocenters. The van der Waals surface area contributed by atoms with Crippen molar-refractivity contribution in [1.82, 2.24) is 20.5 Å². The molecule has 0 aliphatic rings. The fourth-order valence-corrected chi connectivity index (χ4v) is 2.20. The highest BCUT2D eigenvalue weighted by molar-refractivity contribution is 7.09. The van der Waals surface area contributed by atoms with Gasteiger partial charge in [-0.2, -0.15) is 0 Å². The van der Waals surface area contributed by atoms with Crippen LogP contribution in [0, 0.1) is 6.92 Å². The van der Waals surface area contributed by atoms with Crippen molar-refractivity contribution in [3.8, 4) is 0 Å². The minimum absolute atomic E-state index is 0.257. The Morgan fingerprint density at radius 3 is 2.89 bits per heavy atom. The molecule has 94 valence electrons. The molecular formula is C11H11ClN4OS. The van der Waals surface area contributed by atoms with E-state index in [9.17, 15) is 4.79 Å². The normalized spacial score (nSPS) is 10.3.